The zero-order valence-corrected chi connectivity index (χ0v) is 14.1. The van der Waals surface area contributed by atoms with Gasteiger partial charge in [-0.05, 0) is 18.2 Å². The Morgan fingerprint density at radius 3 is 2.52 bits per heavy atom. The molecule has 0 spiro atoms. The van der Waals surface area contributed by atoms with Crippen molar-refractivity contribution in [2.24, 2.45) is 10.9 Å². The molecule has 0 saturated carbocycles. The molecule has 0 unspecified atom stereocenters. The molecule has 0 aliphatic carbocycles. The number of nitro groups is 1. The Morgan fingerprint density at radius 1 is 1.20 bits per heavy atom. The second-order valence-electron chi connectivity index (χ2n) is 4.90. The van der Waals surface area contributed by atoms with Crippen LogP contribution in [0.15, 0.2) is 53.7 Å². The monoisotopic (exact) mass is 375 g/mol. The summed E-state index contributed by atoms with van der Waals surface area (Å²) in [5.41, 5.74) is 6.05. The van der Waals surface area contributed by atoms with Gasteiger partial charge in [-0.2, -0.15) is 0 Å². The number of rotatable bonds is 4. The first kappa shape index (κ1) is 16.9. The van der Waals surface area contributed by atoms with Crippen molar-refractivity contribution in [3.8, 4) is 0 Å². The molecule has 3 aromatic rings. The van der Waals surface area contributed by atoms with E-state index in [0.29, 0.717) is 10.6 Å². The van der Waals surface area contributed by atoms with E-state index in [1.165, 1.54) is 35.6 Å². The average Bonchev–Trinajstić information content (AvgIpc) is 2.96. The van der Waals surface area contributed by atoms with Gasteiger partial charge in [0.25, 0.3) is 5.69 Å². The van der Waals surface area contributed by atoms with Crippen molar-refractivity contribution in [3.63, 3.8) is 0 Å². The molecular weight excluding hydrogens is 366 g/mol. The molecule has 0 radical (unpaired) electrons. The van der Waals surface area contributed by atoms with Crippen LogP contribution in [0.5, 0.6) is 0 Å². The van der Waals surface area contributed by atoms with Crippen LogP contribution >= 0.6 is 22.9 Å². The highest BCUT2D eigenvalue weighted by Gasteiger charge is 2.19. The summed E-state index contributed by atoms with van der Waals surface area (Å²) in [5.74, 6) is -0.809. The van der Waals surface area contributed by atoms with E-state index < -0.39 is 10.9 Å². The van der Waals surface area contributed by atoms with Gasteiger partial charge in [-0.1, -0.05) is 35.0 Å². The number of hydrogen-bond acceptors (Lipinski definition) is 6. The minimum atomic E-state index is -0.726. The maximum absolute atomic E-state index is 12.2. The molecule has 0 aliphatic rings. The number of non-ortho nitro benzene ring substituents is 1. The van der Waals surface area contributed by atoms with Gasteiger partial charge < -0.3 is 10.6 Å². The van der Waals surface area contributed by atoms with Gasteiger partial charge in [-0.15, -0.1) is 11.3 Å². The van der Waals surface area contributed by atoms with Crippen LogP contribution in [0.4, 0.5) is 5.69 Å². The maximum Gasteiger partial charge on any atom is 0.377 e. The van der Waals surface area contributed by atoms with Crippen molar-refractivity contribution >= 4 is 50.5 Å². The Kier molecular flexibility index (Phi) is 4.64. The fourth-order valence-corrected chi connectivity index (χ4v) is 3.46. The van der Waals surface area contributed by atoms with E-state index in [-0.39, 0.29) is 16.4 Å². The lowest BCUT2D eigenvalue weighted by molar-refractivity contribution is -0.384. The molecule has 25 heavy (non-hydrogen) atoms. The molecule has 2 aromatic carbocycles. The van der Waals surface area contributed by atoms with Gasteiger partial charge in [0.2, 0.25) is 0 Å². The lowest BCUT2D eigenvalue weighted by Crippen LogP contribution is -2.15. The number of halogens is 1. The van der Waals surface area contributed by atoms with E-state index in [0.717, 1.165) is 10.1 Å². The lowest BCUT2D eigenvalue weighted by atomic mass is 10.2. The molecule has 2 N–H and O–H groups in total. The van der Waals surface area contributed by atoms with Crippen LogP contribution in [0.3, 0.4) is 0 Å². The van der Waals surface area contributed by atoms with Crippen LogP contribution in [0.2, 0.25) is 5.02 Å². The van der Waals surface area contributed by atoms with Gasteiger partial charge in [0.05, 0.1) is 9.95 Å². The Morgan fingerprint density at radius 2 is 1.88 bits per heavy atom. The molecule has 1 aromatic heterocycles. The number of hydrogen-bond donors (Lipinski definition) is 1. The van der Waals surface area contributed by atoms with Crippen LogP contribution < -0.4 is 5.73 Å². The van der Waals surface area contributed by atoms with Gasteiger partial charge in [-0.25, -0.2) is 4.79 Å². The molecular formula is C16H10ClN3O4S. The molecule has 0 amide bonds. The summed E-state index contributed by atoms with van der Waals surface area (Å²) in [4.78, 5) is 27.3. The third kappa shape index (κ3) is 3.44. The maximum atomic E-state index is 12.2. The highest BCUT2D eigenvalue weighted by Crippen LogP contribution is 2.35. The highest BCUT2D eigenvalue weighted by atomic mass is 35.5. The Bertz CT molecular complexity index is 998. The number of carbonyl (C=O) groups is 1. The summed E-state index contributed by atoms with van der Waals surface area (Å²) in [6.07, 6.45) is 0. The number of nitro benzene ring substituents is 1. The molecule has 0 saturated heterocycles. The molecule has 126 valence electrons. The number of amidine groups is 1. The lowest BCUT2D eigenvalue weighted by Gasteiger charge is -2.00. The number of benzene rings is 2. The molecule has 0 aliphatic heterocycles. The summed E-state index contributed by atoms with van der Waals surface area (Å²) < 4.78 is 0.853. The third-order valence-corrected chi connectivity index (χ3v) is 4.98. The van der Waals surface area contributed by atoms with Crippen molar-refractivity contribution in [2.45, 2.75) is 0 Å². The smallest absolute Gasteiger partial charge is 0.377 e. The van der Waals surface area contributed by atoms with E-state index in [2.05, 4.69) is 5.16 Å². The molecule has 0 bridgehead atoms. The summed E-state index contributed by atoms with van der Waals surface area (Å²) in [5, 5.41) is 15.3. The molecule has 0 atom stereocenters. The predicted molar refractivity (Wildman–Crippen MR) is 96.1 cm³/mol. The topological polar surface area (TPSA) is 108 Å². The number of nitrogens with two attached hydrogens (primary N) is 1. The van der Waals surface area contributed by atoms with Crippen LogP contribution in [-0.2, 0) is 4.84 Å². The summed E-state index contributed by atoms with van der Waals surface area (Å²) in [6, 6.07) is 12.7. The molecule has 3 rings (SSSR count). The predicted octanol–water partition coefficient (Wildman–Crippen LogP) is 3.94. The quantitative estimate of drug-likeness (QED) is 0.244. The minimum Gasteiger partial charge on any atom is -0.380 e. The number of thiophene rings is 1. The van der Waals surface area contributed by atoms with Crippen molar-refractivity contribution in [1.29, 1.82) is 0 Å². The van der Waals surface area contributed by atoms with Gasteiger partial charge >= 0.3 is 5.97 Å². The summed E-state index contributed by atoms with van der Waals surface area (Å²) in [7, 11) is 0. The van der Waals surface area contributed by atoms with E-state index in [1.54, 1.807) is 6.07 Å². The first-order valence-electron chi connectivity index (χ1n) is 6.94. The average molecular weight is 376 g/mol. The van der Waals surface area contributed by atoms with Crippen molar-refractivity contribution < 1.29 is 14.6 Å². The fraction of sp³-hybridized carbons (Fsp3) is 0. The van der Waals surface area contributed by atoms with Crippen LogP contribution in [0, 0.1) is 10.1 Å². The zero-order chi connectivity index (χ0) is 18.0. The largest absolute Gasteiger partial charge is 0.380 e. The van der Waals surface area contributed by atoms with Crippen LogP contribution in [-0.4, -0.2) is 16.7 Å². The number of nitrogens with zero attached hydrogens (tertiary/aromatic N) is 2. The second kappa shape index (κ2) is 6.88. The summed E-state index contributed by atoms with van der Waals surface area (Å²) >= 11 is 7.39. The van der Waals surface area contributed by atoms with Gasteiger partial charge in [0, 0.05) is 27.8 Å². The van der Waals surface area contributed by atoms with Crippen LogP contribution in [0.1, 0.15) is 15.2 Å². The fourth-order valence-electron chi connectivity index (χ4n) is 2.08. The molecule has 7 nitrogen and oxygen atoms in total. The standard InChI is InChI=1S/C16H10ClN3O4S/c17-13-11-3-1-2-4-12(11)25-14(13)16(21)24-19-15(18)9-5-7-10(8-6-9)20(22)23/h1-8H,(H2,18,19). The van der Waals surface area contributed by atoms with Gasteiger partial charge in [-0.3, -0.25) is 10.1 Å². The Hall–Kier alpha value is -2.97. The number of fused-ring (bicyclic) bond motifs is 1. The number of carbonyl (C=O) groups excluding carboxylic acids is 1. The summed E-state index contributed by atoms with van der Waals surface area (Å²) in [6.45, 7) is 0. The van der Waals surface area contributed by atoms with Gasteiger partial charge in [0.1, 0.15) is 4.88 Å². The first-order valence-corrected chi connectivity index (χ1v) is 8.13. The van der Waals surface area contributed by atoms with Crippen molar-refractivity contribution in [3.05, 3.63) is 74.1 Å². The zero-order valence-electron chi connectivity index (χ0n) is 12.5. The van der Waals surface area contributed by atoms with Crippen molar-refractivity contribution in [2.75, 3.05) is 0 Å². The Labute approximate surface area is 150 Å². The third-order valence-electron chi connectivity index (χ3n) is 3.32. The molecule has 1 heterocycles. The molecule has 9 heteroatoms. The number of oxime groups is 1. The molecule has 0 fully saturated rings. The second-order valence-corrected chi connectivity index (χ2v) is 6.33. The highest BCUT2D eigenvalue weighted by molar-refractivity contribution is 7.21. The Balaban J connectivity index is 1.78. The normalized spacial score (nSPS) is 11.5. The van der Waals surface area contributed by atoms with Crippen molar-refractivity contribution in [1.82, 2.24) is 0 Å². The van der Waals surface area contributed by atoms with E-state index in [4.69, 9.17) is 22.2 Å². The first-order chi connectivity index (χ1) is 12.0. The van der Waals surface area contributed by atoms with E-state index >= 15 is 0 Å². The van der Waals surface area contributed by atoms with Gasteiger partial charge in [0.15, 0.2) is 5.84 Å². The van der Waals surface area contributed by atoms with E-state index in [9.17, 15) is 14.9 Å². The minimum absolute atomic E-state index is 0.0781. The van der Waals surface area contributed by atoms with Crippen LogP contribution in [0.25, 0.3) is 10.1 Å². The van der Waals surface area contributed by atoms with E-state index in [1.807, 2.05) is 18.2 Å². The SMILES string of the molecule is N/C(=N\OC(=O)c1sc2ccccc2c1Cl)c1ccc([N+](=O)[O-])cc1.